The van der Waals surface area contributed by atoms with Crippen LogP contribution in [0.4, 0.5) is 5.69 Å². The summed E-state index contributed by atoms with van der Waals surface area (Å²) < 4.78 is 10.8. The molecule has 1 amide bonds. The summed E-state index contributed by atoms with van der Waals surface area (Å²) in [6, 6.07) is 9.71. The maximum atomic E-state index is 12.5. The van der Waals surface area contributed by atoms with Crippen molar-refractivity contribution >= 4 is 23.7 Å². The molecule has 0 heterocycles. The molecule has 0 fully saturated rings. The number of carbonyl (C=O) groups is 1. The Labute approximate surface area is 190 Å². The number of amides is 1. The first-order valence-electron chi connectivity index (χ1n) is 10.7. The summed E-state index contributed by atoms with van der Waals surface area (Å²) in [6.45, 7) is 5.34. The molecule has 2 aromatic rings. The fraction of sp³-hybridized carbons (Fsp3) is 0.400. The average molecular weight is 443 g/mol. The number of methoxy groups -OCH3 is 2. The van der Waals surface area contributed by atoms with Crippen molar-refractivity contribution in [1.82, 2.24) is 4.90 Å². The van der Waals surface area contributed by atoms with Gasteiger partial charge < -0.3 is 25.0 Å². The van der Waals surface area contributed by atoms with Gasteiger partial charge in [0.25, 0.3) is 0 Å². The summed E-state index contributed by atoms with van der Waals surface area (Å²) in [5, 5.41) is 21.1. The molecule has 7 heteroatoms. The molecule has 0 atom stereocenters. The first-order chi connectivity index (χ1) is 15.4. The minimum absolute atomic E-state index is 0.0177. The summed E-state index contributed by atoms with van der Waals surface area (Å²) in [6.07, 6.45) is 4.22. The number of nitrogens with one attached hydrogen (secondary N) is 1. The van der Waals surface area contributed by atoms with Gasteiger partial charge in [0.15, 0.2) is 0 Å². The smallest absolute Gasteiger partial charge is 0.225 e. The third-order valence-electron chi connectivity index (χ3n) is 5.32. The zero-order valence-corrected chi connectivity index (χ0v) is 19.4. The topological polar surface area (TPSA) is 91.3 Å². The van der Waals surface area contributed by atoms with E-state index in [1.54, 1.807) is 14.2 Å². The number of aryl methyl sites for hydroxylation is 1. The van der Waals surface area contributed by atoms with E-state index in [1.807, 2.05) is 48.2 Å². The van der Waals surface area contributed by atoms with E-state index in [1.165, 1.54) is 0 Å². The Morgan fingerprint density at radius 2 is 1.59 bits per heavy atom. The lowest BCUT2D eigenvalue weighted by atomic mass is 10.0. The first-order valence-corrected chi connectivity index (χ1v) is 10.7. The van der Waals surface area contributed by atoms with Gasteiger partial charge in [0.05, 0.1) is 33.1 Å². The minimum atomic E-state index is -0.163. The summed E-state index contributed by atoms with van der Waals surface area (Å²) in [5.41, 5.74) is 4.81. The highest BCUT2D eigenvalue weighted by Gasteiger charge is 2.11. The molecule has 0 aliphatic heterocycles. The first kappa shape index (κ1) is 25.4. The van der Waals surface area contributed by atoms with Gasteiger partial charge in [-0.05, 0) is 54.3 Å². The molecule has 0 aromatic heterocycles. The average Bonchev–Trinajstić information content (AvgIpc) is 2.78. The number of benzene rings is 2. The molecule has 0 radical (unpaired) electrons. The summed E-state index contributed by atoms with van der Waals surface area (Å²) in [5.74, 6) is 1.26. The zero-order chi connectivity index (χ0) is 23.5. The van der Waals surface area contributed by atoms with Crippen LogP contribution < -0.4 is 14.8 Å². The van der Waals surface area contributed by atoms with E-state index in [9.17, 15) is 4.79 Å². The van der Waals surface area contributed by atoms with Crippen LogP contribution in [0.5, 0.6) is 11.5 Å². The third-order valence-corrected chi connectivity index (χ3v) is 5.32. The number of aliphatic hydroxyl groups is 2. The van der Waals surface area contributed by atoms with Gasteiger partial charge in [0.2, 0.25) is 5.91 Å². The molecule has 0 saturated heterocycles. The Hall–Kier alpha value is -2.87. The van der Waals surface area contributed by atoms with Crippen molar-refractivity contribution in [1.29, 1.82) is 0 Å². The van der Waals surface area contributed by atoms with Crippen molar-refractivity contribution < 1.29 is 24.5 Å². The quantitative estimate of drug-likeness (QED) is 0.438. The number of hydrogen-bond acceptors (Lipinski definition) is 6. The monoisotopic (exact) mass is 442 g/mol. The minimum Gasteiger partial charge on any atom is -0.496 e. The normalized spacial score (nSPS) is 11.2. The molecule has 0 aliphatic rings. The van der Waals surface area contributed by atoms with E-state index in [0.29, 0.717) is 31.1 Å². The Kier molecular flexibility index (Phi) is 10.2. The molecule has 7 nitrogen and oxygen atoms in total. The van der Waals surface area contributed by atoms with Crippen LogP contribution in [0.25, 0.3) is 12.2 Å². The predicted octanol–water partition coefficient (Wildman–Crippen LogP) is 3.11. The number of anilines is 1. The highest BCUT2D eigenvalue weighted by Crippen LogP contribution is 2.28. The summed E-state index contributed by atoms with van der Waals surface area (Å²) in [4.78, 5) is 14.3. The van der Waals surface area contributed by atoms with Crippen LogP contribution in [0.1, 0.15) is 28.7 Å². The van der Waals surface area contributed by atoms with Crippen molar-refractivity contribution in [2.45, 2.75) is 20.3 Å². The molecule has 32 heavy (non-hydrogen) atoms. The largest absolute Gasteiger partial charge is 0.496 e. The van der Waals surface area contributed by atoms with E-state index < -0.39 is 0 Å². The van der Waals surface area contributed by atoms with E-state index in [2.05, 4.69) is 18.3 Å². The fourth-order valence-electron chi connectivity index (χ4n) is 3.37. The van der Waals surface area contributed by atoms with Crippen LogP contribution in [0.3, 0.4) is 0 Å². The van der Waals surface area contributed by atoms with Gasteiger partial charge in [-0.1, -0.05) is 24.3 Å². The van der Waals surface area contributed by atoms with Crippen LogP contribution in [-0.4, -0.2) is 68.1 Å². The molecule has 174 valence electrons. The summed E-state index contributed by atoms with van der Waals surface area (Å²) >= 11 is 0. The molecular formula is C25H34N2O5. The number of carbonyl (C=O) groups excluding carboxylic acids is 1. The van der Waals surface area contributed by atoms with Gasteiger partial charge in [0.1, 0.15) is 11.5 Å². The number of nitrogens with zero attached hydrogens (tertiary/aromatic N) is 1. The van der Waals surface area contributed by atoms with Crippen LogP contribution in [0.15, 0.2) is 30.3 Å². The van der Waals surface area contributed by atoms with Gasteiger partial charge in [-0.3, -0.25) is 9.69 Å². The highest BCUT2D eigenvalue weighted by atomic mass is 16.5. The zero-order valence-electron chi connectivity index (χ0n) is 19.4. The fourth-order valence-corrected chi connectivity index (χ4v) is 3.37. The SMILES string of the molecule is COc1ccc(/C=C\c2cc(C)c(C)c(OC)c2)cc1NC(=O)CCN(CCO)CCO. The van der Waals surface area contributed by atoms with Gasteiger partial charge in [-0.25, -0.2) is 0 Å². The molecule has 3 N–H and O–H groups in total. The van der Waals surface area contributed by atoms with Gasteiger partial charge in [-0.15, -0.1) is 0 Å². The van der Waals surface area contributed by atoms with Crippen molar-refractivity contribution in [3.63, 3.8) is 0 Å². The Bertz CT molecular complexity index is 921. The highest BCUT2D eigenvalue weighted by molar-refractivity contribution is 5.93. The van der Waals surface area contributed by atoms with Crippen LogP contribution in [-0.2, 0) is 4.79 Å². The third kappa shape index (κ3) is 7.37. The van der Waals surface area contributed by atoms with Gasteiger partial charge >= 0.3 is 0 Å². The second-order valence-corrected chi connectivity index (χ2v) is 7.55. The molecular weight excluding hydrogens is 408 g/mol. The maximum absolute atomic E-state index is 12.5. The Morgan fingerprint density at radius 1 is 0.938 bits per heavy atom. The van der Waals surface area contributed by atoms with E-state index in [0.717, 1.165) is 28.0 Å². The van der Waals surface area contributed by atoms with Crippen molar-refractivity contribution in [2.75, 3.05) is 52.4 Å². The molecule has 2 rings (SSSR count). The lowest BCUT2D eigenvalue weighted by Crippen LogP contribution is -2.32. The predicted molar refractivity (Wildman–Crippen MR) is 128 cm³/mol. The molecule has 0 spiro atoms. The Morgan fingerprint density at radius 3 is 2.22 bits per heavy atom. The second kappa shape index (κ2) is 12.9. The van der Waals surface area contributed by atoms with E-state index in [-0.39, 0.29) is 25.5 Å². The molecule has 2 aromatic carbocycles. The van der Waals surface area contributed by atoms with Crippen LogP contribution >= 0.6 is 0 Å². The molecule has 0 aliphatic carbocycles. The van der Waals surface area contributed by atoms with Gasteiger partial charge in [0, 0.05) is 26.1 Å². The second-order valence-electron chi connectivity index (χ2n) is 7.55. The number of hydrogen-bond donors (Lipinski definition) is 3. The lowest BCUT2D eigenvalue weighted by Gasteiger charge is -2.19. The molecule has 0 saturated carbocycles. The lowest BCUT2D eigenvalue weighted by molar-refractivity contribution is -0.116. The van der Waals surface area contributed by atoms with E-state index >= 15 is 0 Å². The standard InChI is InChI=1S/C25H34N2O5/c1-18-15-21(17-24(32-4)19(18)2)6-5-20-7-8-23(31-3)22(16-20)26-25(30)9-10-27(11-13-28)12-14-29/h5-8,15-17,28-29H,9-14H2,1-4H3,(H,26,30)/b6-5-. The number of rotatable bonds is 12. The maximum Gasteiger partial charge on any atom is 0.225 e. The van der Waals surface area contributed by atoms with Crippen molar-refractivity contribution in [3.05, 3.63) is 52.6 Å². The van der Waals surface area contributed by atoms with Gasteiger partial charge in [-0.2, -0.15) is 0 Å². The van der Waals surface area contributed by atoms with Crippen LogP contribution in [0, 0.1) is 13.8 Å². The van der Waals surface area contributed by atoms with Crippen molar-refractivity contribution in [3.8, 4) is 11.5 Å². The summed E-state index contributed by atoms with van der Waals surface area (Å²) in [7, 11) is 3.23. The van der Waals surface area contributed by atoms with E-state index in [4.69, 9.17) is 19.7 Å². The van der Waals surface area contributed by atoms with Crippen molar-refractivity contribution in [2.24, 2.45) is 0 Å². The van der Waals surface area contributed by atoms with Crippen LogP contribution in [0.2, 0.25) is 0 Å². The molecule has 0 bridgehead atoms. The Balaban J connectivity index is 2.12. The number of ether oxygens (including phenoxy) is 2. The molecule has 0 unspecified atom stereocenters. The number of aliphatic hydroxyl groups excluding tert-OH is 2.